The molecule has 0 radical (unpaired) electrons. The smallest absolute Gasteiger partial charge is 0.379 e. The number of halogens is 3. The van der Waals surface area contributed by atoms with Gasteiger partial charge in [0.15, 0.2) is 0 Å². The van der Waals surface area contributed by atoms with Crippen LogP contribution in [-0.4, -0.2) is 30.6 Å². The summed E-state index contributed by atoms with van der Waals surface area (Å²) >= 11 is 0. The van der Waals surface area contributed by atoms with Crippen molar-refractivity contribution in [2.24, 2.45) is 0 Å². The molecule has 0 spiro atoms. The SMILES string of the molecule is Cc1cc(NCc2ccc(-c3ccccc3-c3nn[nH]n3)cc2)c2nccc(C(F)(F)F)c2n1. The monoisotopic (exact) mass is 461 g/mol. The van der Waals surface area contributed by atoms with Gasteiger partial charge >= 0.3 is 6.18 Å². The van der Waals surface area contributed by atoms with Gasteiger partial charge in [-0.25, -0.2) is 0 Å². The molecule has 3 aromatic heterocycles. The third kappa shape index (κ3) is 4.17. The molecule has 0 aliphatic carbocycles. The van der Waals surface area contributed by atoms with Gasteiger partial charge in [0.2, 0.25) is 5.82 Å². The Balaban J connectivity index is 1.41. The van der Waals surface area contributed by atoms with E-state index in [1.165, 1.54) is 0 Å². The van der Waals surface area contributed by atoms with Crippen molar-refractivity contribution in [1.29, 1.82) is 0 Å². The van der Waals surface area contributed by atoms with Crippen molar-refractivity contribution in [3.63, 3.8) is 0 Å². The highest BCUT2D eigenvalue weighted by atomic mass is 19.4. The first-order valence-corrected chi connectivity index (χ1v) is 10.4. The Bertz CT molecular complexity index is 1450. The van der Waals surface area contributed by atoms with Gasteiger partial charge in [0.1, 0.15) is 11.0 Å². The zero-order chi connectivity index (χ0) is 23.7. The number of nitrogens with one attached hydrogen (secondary N) is 2. The Morgan fingerprint density at radius 1 is 0.941 bits per heavy atom. The van der Waals surface area contributed by atoms with Crippen LogP contribution in [-0.2, 0) is 12.7 Å². The molecule has 5 rings (SSSR count). The fourth-order valence-electron chi connectivity index (χ4n) is 3.82. The van der Waals surface area contributed by atoms with Gasteiger partial charge in [0.25, 0.3) is 0 Å². The predicted octanol–water partition coefficient (Wildman–Crippen LogP) is 5.42. The second-order valence-electron chi connectivity index (χ2n) is 7.70. The van der Waals surface area contributed by atoms with Crippen molar-refractivity contribution >= 4 is 16.7 Å². The number of alkyl halides is 3. The lowest BCUT2D eigenvalue weighted by Crippen LogP contribution is -2.09. The van der Waals surface area contributed by atoms with Gasteiger partial charge in [0, 0.05) is 24.0 Å². The van der Waals surface area contributed by atoms with Crippen LogP contribution in [0.5, 0.6) is 0 Å². The first-order valence-electron chi connectivity index (χ1n) is 10.4. The van der Waals surface area contributed by atoms with E-state index in [2.05, 4.69) is 35.9 Å². The third-order valence-corrected chi connectivity index (χ3v) is 5.39. The number of benzene rings is 2. The first-order chi connectivity index (χ1) is 16.4. The van der Waals surface area contributed by atoms with Crippen molar-refractivity contribution in [1.82, 2.24) is 30.6 Å². The predicted molar refractivity (Wildman–Crippen MR) is 122 cm³/mol. The summed E-state index contributed by atoms with van der Waals surface area (Å²) in [7, 11) is 0. The van der Waals surface area contributed by atoms with Gasteiger partial charge in [-0.15, -0.1) is 10.2 Å². The molecule has 2 N–H and O–H groups in total. The highest BCUT2D eigenvalue weighted by Gasteiger charge is 2.34. The Morgan fingerprint density at radius 3 is 2.41 bits per heavy atom. The Morgan fingerprint density at radius 2 is 1.71 bits per heavy atom. The van der Waals surface area contributed by atoms with Gasteiger partial charge in [-0.1, -0.05) is 48.5 Å². The second-order valence-corrected chi connectivity index (χ2v) is 7.70. The maximum Gasteiger partial charge on any atom is 0.418 e. The average Bonchev–Trinajstić information content (AvgIpc) is 3.37. The van der Waals surface area contributed by atoms with Crippen LogP contribution in [0.15, 0.2) is 66.9 Å². The molecule has 0 saturated heterocycles. The van der Waals surface area contributed by atoms with E-state index in [0.717, 1.165) is 34.5 Å². The molecule has 170 valence electrons. The summed E-state index contributed by atoms with van der Waals surface area (Å²) in [6.07, 6.45) is -3.35. The molecule has 0 atom stereocenters. The number of nitrogens with zero attached hydrogens (tertiary/aromatic N) is 5. The zero-order valence-electron chi connectivity index (χ0n) is 17.9. The van der Waals surface area contributed by atoms with Crippen LogP contribution in [0, 0.1) is 6.92 Å². The third-order valence-electron chi connectivity index (χ3n) is 5.39. The summed E-state index contributed by atoms with van der Waals surface area (Å²) in [4.78, 5) is 8.24. The van der Waals surface area contributed by atoms with Crippen LogP contribution < -0.4 is 5.32 Å². The molecule has 34 heavy (non-hydrogen) atoms. The van der Waals surface area contributed by atoms with E-state index in [1.807, 2.05) is 48.5 Å². The van der Waals surface area contributed by atoms with E-state index in [1.54, 1.807) is 13.0 Å². The van der Waals surface area contributed by atoms with Gasteiger partial charge in [0.05, 0.1) is 11.3 Å². The van der Waals surface area contributed by atoms with E-state index in [0.29, 0.717) is 23.8 Å². The fraction of sp³-hybridized carbons (Fsp3) is 0.125. The highest BCUT2D eigenvalue weighted by molar-refractivity contribution is 5.90. The number of pyridine rings is 2. The molecule has 3 heterocycles. The maximum absolute atomic E-state index is 13.4. The van der Waals surface area contributed by atoms with Crippen molar-refractivity contribution in [3.05, 3.63) is 83.7 Å². The van der Waals surface area contributed by atoms with Gasteiger partial charge in [-0.2, -0.15) is 18.4 Å². The van der Waals surface area contributed by atoms with Crippen molar-refractivity contribution in [2.45, 2.75) is 19.6 Å². The van der Waals surface area contributed by atoms with E-state index in [4.69, 9.17) is 0 Å². The van der Waals surface area contributed by atoms with Gasteiger partial charge < -0.3 is 5.32 Å². The summed E-state index contributed by atoms with van der Waals surface area (Å²) in [5.41, 5.74) is 3.95. The number of aryl methyl sites for hydroxylation is 1. The van der Waals surface area contributed by atoms with E-state index in [-0.39, 0.29) is 11.0 Å². The normalized spacial score (nSPS) is 11.6. The molecular weight excluding hydrogens is 443 g/mol. The fourth-order valence-corrected chi connectivity index (χ4v) is 3.82. The molecule has 7 nitrogen and oxygen atoms in total. The van der Waals surface area contributed by atoms with E-state index in [9.17, 15) is 13.2 Å². The zero-order valence-corrected chi connectivity index (χ0v) is 17.9. The number of rotatable bonds is 5. The molecule has 0 bridgehead atoms. The number of aromatic nitrogens is 6. The molecule has 0 aliphatic rings. The minimum absolute atomic E-state index is 0.161. The number of tetrazole rings is 1. The number of anilines is 1. The number of aromatic amines is 1. The number of H-pyrrole nitrogens is 1. The van der Waals surface area contributed by atoms with Gasteiger partial charge in [-0.05, 0) is 41.0 Å². The lowest BCUT2D eigenvalue weighted by atomic mass is 9.98. The van der Waals surface area contributed by atoms with Crippen molar-refractivity contribution in [3.8, 4) is 22.5 Å². The molecule has 10 heteroatoms. The largest absolute Gasteiger partial charge is 0.418 e. The average molecular weight is 461 g/mol. The van der Waals surface area contributed by atoms with Crippen LogP contribution >= 0.6 is 0 Å². The minimum Gasteiger partial charge on any atom is -0.379 e. The topological polar surface area (TPSA) is 92.3 Å². The molecule has 0 fully saturated rings. The Labute approximate surface area is 192 Å². The Hall–Kier alpha value is -4.34. The van der Waals surface area contributed by atoms with Gasteiger partial charge in [-0.3, -0.25) is 9.97 Å². The molecule has 0 aliphatic heterocycles. The summed E-state index contributed by atoms with van der Waals surface area (Å²) in [5.74, 6) is 0.506. The van der Waals surface area contributed by atoms with Crippen LogP contribution in [0.4, 0.5) is 18.9 Å². The van der Waals surface area contributed by atoms with Crippen molar-refractivity contribution in [2.75, 3.05) is 5.32 Å². The second kappa shape index (κ2) is 8.54. The molecular formula is C24H18F3N7. The summed E-state index contributed by atoms with van der Waals surface area (Å²) < 4.78 is 40.3. The summed E-state index contributed by atoms with van der Waals surface area (Å²) in [5, 5.41) is 17.4. The molecule has 2 aromatic carbocycles. The summed E-state index contributed by atoms with van der Waals surface area (Å²) in [6, 6.07) is 18.3. The lowest BCUT2D eigenvalue weighted by Gasteiger charge is -2.14. The Kier molecular flexibility index (Phi) is 5.40. The van der Waals surface area contributed by atoms with Crippen molar-refractivity contribution < 1.29 is 13.2 Å². The highest BCUT2D eigenvalue weighted by Crippen LogP contribution is 2.35. The maximum atomic E-state index is 13.4. The first kappa shape index (κ1) is 21.5. The van der Waals surface area contributed by atoms with Crippen LogP contribution in [0.25, 0.3) is 33.5 Å². The number of hydrogen-bond acceptors (Lipinski definition) is 6. The van der Waals surface area contributed by atoms with Crippen LogP contribution in [0.3, 0.4) is 0 Å². The number of fused-ring (bicyclic) bond motifs is 1. The van der Waals surface area contributed by atoms with E-state index >= 15 is 0 Å². The standard InChI is InChI=1S/C24H18F3N7/c1-14-12-20(22-21(30-14)19(10-11-28-22)24(25,26)27)29-13-15-6-8-16(9-7-15)17-4-2-3-5-18(17)23-31-33-34-32-23/h2-12H,13H2,1H3,(H,29,30)(H,31,32,33,34). The summed E-state index contributed by atoms with van der Waals surface area (Å²) in [6.45, 7) is 2.07. The molecule has 5 aromatic rings. The number of hydrogen-bond donors (Lipinski definition) is 2. The van der Waals surface area contributed by atoms with Crippen LogP contribution in [0.2, 0.25) is 0 Å². The molecule has 0 amide bonds. The quantitative estimate of drug-likeness (QED) is 0.363. The lowest BCUT2D eigenvalue weighted by molar-refractivity contribution is -0.136. The molecule has 0 saturated carbocycles. The van der Waals surface area contributed by atoms with E-state index < -0.39 is 11.7 Å². The molecule has 0 unspecified atom stereocenters. The van der Waals surface area contributed by atoms with Crippen LogP contribution in [0.1, 0.15) is 16.8 Å². The minimum atomic E-state index is -4.51.